The molecule has 0 fully saturated rings. The van der Waals surface area contributed by atoms with Gasteiger partial charge >= 0.3 is 17.8 Å². The van der Waals surface area contributed by atoms with Gasteiger partial charge in [0.05, 0.1) is 25.5 Å². The molecule has 3 aromatic carbocycles. The van der Waals surface area contributed by atoms with E-state index >= 15 is 0 Å². The fraction of sp³-hybridized carbons (Fsp3) is 0.226. The maximum Gasteiger partial charge on any atom is 0.342 e. The molecule has 0 aliphatic heterocycles. The first-order valence-corrected chi connectivity index (χ1v) is 12.9. The summed E-state index contributed by atoms with van der Waals surface area (Å²) in [5.74, 6) is -0.819. The number of carbonyl (C=O) groups excluding carboxylic acids is 3. The van der Waals surface area contributed by atoms with E-state index in [9.17, 15) is 14.4 Å². The molecule has 41 heavy (non-hydrogen) atoms. The second kappa shape index (κ2) is 13.3. The van der Waals surface area contributed by atoms with Gasteiger partial charge in [-0.1, -0.05) is 42.5 Å². The predicted molar refractivity (Wildman–Crippen MR) is 151 cm³/mol. The van der Waals surface area contributed by atoms with E-state index in [1.807, 2.05) is 30.3 Å². The van der Waals surface area contributed by atoms with Crippen LogP contribution in [0.4, 0.5) is 5.69 Å². The summed E-state index contributed by atoms with van der Waals surface area (Å²) in [6, 6.07) is 21.1. The third-order valence-electron chi connectivity index (χ3n) is 6.12. The zero-order valence-corrected chi connectivity index (χ0v) is 23.0. The first-order chi connectivity index (χ1) is 19.8. The quantitative estimate of drug-likeness (QED) is 0.195. The number of anilines is 1. The number of benzene rings is 3. The smallest absolute Gasteiger partial charge is 0.342 e. The Bertz CT molecular complexity index is 1480. The summed E-state index contributed by atoms with van der Waals surface area (Å²) in [5, 5.41) is 5.30. The Hall–Kier alpha value is -5.12. The van der Waals surface area contributed by atoms with Crippen molar-refractivity contribution < 1.29 is 33.0 Å². The van der Waals surface area contributed by atoms with Crippen LogP contribution in [0.1, 0.15) is 36.2 Å². The molecular weight excluding hydrogens is 526 g/mol. The third kappa shape index (κ3) is 7.95. The standard InChI is InChI=1S/C31H31N3O7/c1-31(2,15-16-39-25-12-8-7-11-24(25)30(37)40-19-21-9-5-4-6-10-21)34-29(36)28(35)33-22-13-14-23(26(17-22)38-3)27-18-32-20-41-27/h4-14,17-18,20H,15-16,19H2,1-3H3,(H,33,35)(H,34,36). The van der Waals surface area contributed by atoms with Crippen LogP contribution in [0.25, 0.3) is 11.3 Å². The van der Waals surface area contributed by atoms with Gasteiger partial charge in [-0.3, -0.25) is 9.59 Å². The number of nitrogens with zero attached hydrogens (tertiary/aromatic N) is 1. The Morgan fingerprint density at radius 2 is 1.68 bits per heavy atom. The molecule has 0 saturated heterocycles. The van der Waals surface area contributed by atoms with E-state index < -0.39 is 23.3 Å². The summed E-state index contributed by atoms with van der Waals surface area (Å²) in [6.07, 6.45) is 3.21. The number of nitrogens with one attached hydrogen (secondary N) is 2. The molecule has 0 spiro atoms. The highest BCUT2D eigenvalue weighted by atomic mass is 16.5. The van der Waals surface area contributed by atoms with Gasteiger partial charge in [-0.25, -0.2) is 9.78 Å². The van der Waals surface area contributed by atoms with Crippen LogP contribution in [-0.2, 0) is 20.9 Å². The number of ether oxygens (including phenoxy) is 3. The minimum absolute atomic E-state index is 0.146. The number of esters is 1. The molecule has 0 radical (unpaired) electrons. The second-order valence-corrected chi connectivity index (χ2v) is 9.73. The number of oxazole rings is 1. The van der Waals surface area contributed by atoms with E-state index in [2.05, 4.69) is 15.6 Å². The monoisotopic (exact) mass is 557 g/mol. The number of hydrogen-bond donors (Lipinski definition) is 2. The molecule has 1 heterocycles. The zero-order chi connectivity index (χ0) is 29.2. The van der Waals surface area contributed by atoms with Crippen LogP contribution in [0.3, 0.4) is 0 Å². The van der Waals surface area contributed by atoms with Crippen molar-refractivity contribution in [3.8, 4) is 22.8 Å². The maximum absolute atomic E-state index is 12.7. The lowest BCUT2D eigenvalue weighted by molar-refractivity contribution is -0.137. The Kier molecular flexibility index (Phi) is 9.36. The van der Waals surface area contributed by atoms with Crippen molar-refractivity contribution >= 4 is 23.5 Å². The van der Waals surface area contributed by atoms with Crippen LogP contribution < -0.4 is 20.1 Å². The lowest BCUT2D eigenvalue weighted by Crippen LogP contribution is -2.48. The fourth-order valence-electron chi connectivity index (χ4n) is 3.91. The first-order valence-electron chi connectivity index (χ1n) is 12.9. The van der Waals surface area contributed by atoms with Crippen LogP contribution in [0.5, 0.6) is 11.5 Å². The van der Waals surface area contributed by atoms with Gasteiger partial charge in [0.2, 0.25) is 0 Å². The average Bonchev–Trinajstić information content (AvgIpc) is 3.51. The Morgan fingerprint density at radius 3 is 2.41 bits per heavy atom. The van der Waals surface area contributed by atoms with Gasteiger partial charge < -0.3 is 29.3 Å². The Morgan fingerprint density at radius 1 is 0.927 bits per heavy atom. The Labute approximate surface area is 237 Å². The summed E-state index contributed by atoms with van der Waals surface area (Å²) < 4.78 is 22.0. The topological polar surface area (TPSA) is 129 Å². The highest BCUT2D eigenvalue weighted by Gasteiger charge is 2.25. The molecule has 10 nitrogen and oxygen atoms in total. The van der Waals surface area contributed by atoms with Crippen molar-refractivity contribution in [1.29, 1.82) is 0 Å². The minimum Gasteiger partial charge on any atom is -0.496 e. The maximum atomic E-state index is 12.7. The van der Waals surface area contributed by atoms with E-state index in [0.29, 0.717) is 40.5 Å². The van der Waals surface area contributed by atoms with Crippen molar-refractivity contribution in [1.82, 2.24) is 10.3 Å². The SMILES string of the molecule is COc1cc(NC(=O)C(=O)NC(C)(C)CCOc2ccccc2C(=O)OCc2ccccc2)ccc1-c1cnco1. The molecular formula is C31H31N3O7. The van der Waals surface area contributed by atoms with Crippen LogP contribution in [-0.4, -0.2) is 42.0 Å². The van der Waals surface area contributed by atoms with Gasteiger partial charge in [-0.15, -0.1) is 0 Å². The average molecular weight is 558 g/mol. The largest absolute Gasteiger partial charge is 0.496 e. The van der Waals surface area contributed by atoms with Gasteiger partial charge in [0.1, 0.15) is 23.7 Å². The molecule has 0 bridgehead atoms. The van der Waals surface area contributed by atoms with E-state index in [4.69, 9.17) is 18.6 Å². The molecule has 2 N–H and O–H groups in total. The van der Waals surface area contributed by atoms with Crippen molar-refractivity contribution in [2.45, 2.75) is 32.4 Å². The Balaban J connectivity index is 1.29. The highest BCUT2D eigenvalue weighted by molar-refractivity contribution is 6.39. The number of para-hydroxylation sites is 1. The number of methoxy groups -OCH3 is 1. The molecule has 2 amide bonds. The van der Waals surface area contributed by atoms with Crippen LogP contribution >= 0.6 is 0 Å². The number of carbonyl (C=O) groups is 3. The molecule has 0 saturated carbocycles. The summed E-state index contributed by atoms with van der Waals surface area (Å²) in [7, 11) is 1.49. The predicted octanol–water partition coefficient (Wildman–Crippen LogP) is 5.01. The third-order valence-corrected chi connectivity index (χ3v) is 6.12. The molecule has 212 valence electrons. The van der Waals surface area contributed by atoms with Crippen molar-refractivity contribution in [2.24, 2.45) is 0 Å². The van der Waals surface area contributed by atoms with Gasteiger partial charge in [0, 0.05) is 23.7 Å². The van der Waals surface area contributed by atoms with E-state index in [1.54, 1.807) is 62.5 Å². The van der Waals surface area contributed by atoms with E-state index in [-0.39, 0.29) is 13.2 Å². The molecule has 4 rings (SSSR count). The fourth-order valence-corrected chi connectivity index (χ4v) is 3.91. The second-order valence-electron chi connectivity index (χ2n) is 9.73. The summed E-state index contributed by atoms with van der Waals surface area (Å²) >= 11 is 0. The summed E-state index contributed by atoms with van der Waals surface area (Å²) in [5.41, 5.74) is 1.42. The number of amides is 2. The minimum atomic E-state index is -0.833. The molecule has 1 aromatic heterocycles. The lowest BCUT2D eigenvalue weighted by atomic mass is 10.0. The van der Waals surface area contributed by atoms with Crippen LogP contribution in [0.2, 0.25) is 0 Å². The molecule has 0 aliphatic rings. The lowest BCUT2D eigenvalue weighted by Gasteiger charge is -2.26. The van der Waals surface area contributed by atoms with Crippen molar-refractivity contribution in [2.75, 3.05) is 19.0 Å². The molecule has 0 aliphatic carbocycles. The summed E-state index contributed by atoms with van der Waals surface area (Å²) in [6.45, 7) is 3.87. The van der Waals surface area contributed by atoms with Crippen molar-refractivity contribution in [3.63, 3.8) is 0 Å². The van der Waals surface area contributed by atoms with Gasteiger partial charge in [-0.05, 0) is 43.7 Å². The van der Waals surface area contributed by atoms with E-state index in [1.165, 1.54) is 13.5 Å². The normalized spacial score (nSPS) is 10.9. The first kappa shape index (κ1) is 28.9. The van der Waals surface area contributed by atoms with Gasteiger partial charge in [0.15, 0.2) is 12.2 Å². The molecule has 10 heteroatoms. The summed E-state index contributed by atoms with van der Waals surface area (Å²) in [4.78, 5) is 41.8. The molecule has 0 atom stereocenters. The number of aromatic nitrogens is 1. The van der Waals surface area contributed by atoms with E-state index in [0.717, 1.165) is 5.56 Å². The van der Waals surface area contributed by atoms with Crippen LogP contribution in [0, 0.1) is 0 Å². The zero-order valence-electron chi connectivity index (χ0n) is 23.0. The van der Waals surface area contributed by atoms with Crippen molar-refractivity contribution in [3.05, 3.63) is 96.5 Å². The van der Waals surface area contributed by atoms with Gasteiger partial charge in [-0.2, -0.15) is 0 Å². The number of hydrogen-bond acceptors (Lipinski definition) is 8. The number of rotatable bonds is 11. The molecule has 0 unspecified atom stereocenters. The van der Waals surface area contributed by atoms with Crippen LogP contribution in [0.15, 0.2) is 89.8 Å². The highest BCUT2D eigenvalue weighted by Crippen LogP contribution is 2.32. The van der Waals surface area contributed by atoms with Gasteiger partial charge in [0.25, 0.3) is 0 Å². The molecule has 4 aromatic rings.